The summed E-state index contributed by atoms with van der Waals surface area (Å²) in [5.41, 5.74) is 3.47. The predicted molar refractivity (Wildman–Crippen MR) is 117 cm³/mol. The highest BCUT2D eigenvalue weighted by atomic mass is 32.2. The van der Waals surface area contributed by atoms with Crippen LogP contribution in [0.5, 0.6) is 0 Å². The standard InChI is InChI=1S/C22H26N4O3S/c1-15-19(23-21(29-15)16-7-4-3-5-8-16)14-30-22-24-18-9-11-26(10-6-12-28-2)13-17(18)20(27)25-22/h3-5,7-8H,6,9-14H2,1-2H3,(H,24,25,27). The monoisotopic (exact) mass is 426 g/mol. The lowest BCUT2D eigenvalue weighted by Gasteiger charge is -2.27. The van der Waals surface area contributed by atoms with Gasteiger partial charge in [-0.15, -0.1) is 0 Å². The predicted octanol–water partition coefficient (Wildman–Crippen LogP) is 3.42. The summed E-state index contributed by atoms with van der Waals surface area (Å²) in [4.78, 5) is 27.2. The van der Waals surface area contributed by atoms with E-state index >= 15 is 0 Å². The number of ether oxygens (including phenoxy) is 1. The summed E-state index contributed by atoms with van der Waals surface area (Å²) in [7, 11) is 1.71. The molecule has 2 aromatic heterocycles. The molecule has 0 aliphatic carbocycles. The number of fused-ring (bicyclic) bond motifs is 1. The molecule has 158 valence electrons. The molecule has 0 saturated carbocycles. The maximum absolute atomic E-state index is 12.6. The van der Waals surface area contributed by atoms with Gasteiger partial charge in [-0.05, 0) is 25.5 Å². The van der Waals surface area contributed by atoms with Crippen LogP contribution in [0.3, 0.4) is 0 Å². The van der Waals surface area contributed by atoms with Crippen LogP contribution in [0.25, 0.3) is 11.5 Å². The number of thioether (sulfide) groups is 1. The van der Waals surface area contributed by atoms with E-state index in [4.69, 9.17) is 14.1 Å². The van der Waals surface area contributed by atoms with Gasteiger partial charge in [-0.1, -0.05) is 30.0 Å². The van der Waals surface area contributed by atoms with Crippen molar-refractivity contribution in [3.63, 3.8) is 0 Å². The van der Waals surface area contributed by atoms with Gasteiger partial charge in [0.15, 0.2) is 5.16 Å². The molecular formula is C22H26N4O3S. The summed E-state index contributed by atoms with van der Waals surface area (Å²) in [6.07, 6.45) is 1.76. The molecule has 0 fully saturated rings. The zero-order chi connectivity index (χ0) is 20.9. The van der Waals surface area contributed by atoms with Crippen molar-refractivity contribution in [2.45, 2.75) is 37.2 Å². The van der Waals surface area contributed by atoms with Crippen LogP contribution in [0.4, 0.5) is 0 Å². The number of oxazole rings is 1. The summed E-state index contributed by atoms with van der Waals surface area (Å²) in [5.74, 6) is 1.99. The first-order valence-corrected chi connectivity index (χ1v) is 11.1. The fraction of sp³-hybridized carbons (Fsp3) is 0.409. The first-order valence-electron chi connectivity index (χ1n) is 10.1. The topological polar surface area (TPSA) is 84.2 Å². The highest BCUT2D eigenvalue weighted by Crippen LogP contribution is 2.26. The van der Waals surface area contributed by atoms with E-state index in [0.717, 1.165) is 60.8 Å². The second kappa shape index (κ2) is 9.59. The summed E-state index contributed by atoms with van der Waals surface area (Å²) >= 11 is 1.48. The fourth-order valence-corrected chi connectivity index (χ4v) is 4.43. The number of hydrogen-bond acceptors (Lipinski definition) is 7. The highest BCUT2D eigenvalue weighted by molar-refractivity contribution is 7.98. The number of nitrogens with zero attached hydrogens (tertiary/aromatic N) is 3. The largest absolute Gasteiger partial charge is 0.441 e. The van der Waals surface area contributed by atoms with Crippen LogP contribution < -0.4 is 5.56 Å². The lowest BCUT2D eigenvalue weighted by atomic mass is 10.1. The number of H-pyrrole nitrogens is 1. The summed E-state index contributed by atoms with van der Waals surface area (Å²) < 4.78 is 10.9. The third kappa shape index (κ3) is 4.83. The minimum absolute atomic E-state index is 0.0409. The van der Waals surface area contributed by atoms with Crippen molar-refractivity contribution in [3.05, 3.63) is 63.4 Å². The minimum atomic E-state index is -0.0409. The Morgan fingerprint density at radius 3 is 2.90 bits per heavy atom. The molecule has 3 heterocycles. The van der Waals surface area contributed by atoms with Gasteiger partial charge in [-0.25, -0.2) is 9.97 Å². The molecule has 0 atom stereocenters. The Hall–Kier alpha value is -2.42. The number of methoxy groups -OCH3 is 1. The van der Waals surface area contributed by atoms with Gasteiger partial charge >= 0.3 is 0 Å². The molecule has 30 heavy (non-hydrogen) atoms. The Kier molecular flexibility index (Phi) is 6.66. The van der Waals surface area contributed by atoms with Crippen LogP contribution >= 0.6 is 11.8 Å². The van der Waals surface area contributed by atoms with Crippen molar-refractivity contribution in [1.29, 1.82) is 0 Å². The number of rotatable bonds is 8. The molecule has 1 aliphatic rings. The maximum Gasteiger partial charge on any atom is 0.256 e. The van der Waals surface area contributed by atoms with E-state index in [2.05, 4.69) is 14.9 Å². The average Bonchev–Trinajstić information content (AvgIpc) is 3.14. The van der Waals surface area contributed by atoms with E-state index in [-0.39, 0.29) is 5.56 Å². The lowest BCUT2D eigenvalue weighted by molar-refractivity contribution is 0.166. The van der Waals surface area contributed by atoms with E-state index in [1.165, 1.54) is 11.8 Å². The molecule has 0 amide bonds. The van der Waals surface area contributed by atoms with Gasteiger partial charge in [0.25, 0.3) is 5.56 Å². The van der Waals surface area contributed by atoms with Crippen LogP contribution in [-0.4, -0.2) is 46.7 Å². The zero-order valence-corrected chi connectivity index (χ0v) is 18.1. The molecule has 1 aromatic carbocycles. The maximum atomic E-state index is 12.6. The molecular weight excluding hydrogens is 400 g/mol. The Morgan fingerprint density at radius 2 is 2.10 bits per heavy atom. The molecule has 0 radical (unpaired) electrons. The Bertz CT molecular complexity index is 1050. The van der Waals surface area contributed by atoms with Gasteiger partial charge in [-0.3, -0.25) is 9.69 Å². The van der Waals surface area contributed by atoms with Gasteiger partial charge < -0.3 is 14.1 Å². The van der Waals surface area contributed by atoms with E-state index in [0.29, 0.717) is 23.3 Å². The molecule has 1 aliphatic heterocycles. The molecule has 7 nitrogen and oxygen atoms in total. The number of aromatic amines is 1. The van der Waals surface area contributed by atoms with Crippen molar-refractivity contribution >= 4 is 11.8 Å². The highest BCUT2D eigenvalue weighted by Gasteiger charge is 2.21. The van der Waals surface area contributed by atoms with Gasteiger partial charge in [0.1, 0.15) is 5.76 Å². The quantitative estimate of drug-likeness (QED) is 0.336. The molecule has 3 aromatic rings. The molecule has 0 unspecified atom stereocenters. The SMILES string of the molecule is COCCCN1CCc2nc(SCc3nc(-c4ccccc4)oc3C)[nH]c(=O)c2C1. The normalized spacial score (nSPS) is 14.1. The van der Waals surface area contributed by atoms with Crippen LogP contribution in [0, 0.1) is 6.92 Å². The van der Waals surface area contributed by atoms with E-state index in [1.807, 2.05) is 37.3 Å². The smallest absolute Gasteiger partial charge is 0.256 e. The lowest BCUT2D eigenvalue weighted by Crippen LogP contribution is -2.36. The van der Waals surface area contributed by atoms with Crippen LogP contribution in [0.2, 0.25) is 0 Å². The molecule has 1 N–H and O–H groups in total. The van der Waals surface area contributed by atoms with Crippen molar-refractivity contribution in [2.75, 3.05) is 26.8 Å². The fourth-order valence-electron chi connectivity index (χ4n) is 3.55. The van der Waals surface area contributed by atoms with Crippen molar-refractivity contribution < 1.29 is 9.15 Å². The van der Waals surface area contributed by atoms with E-state index < -0.39 is 0 Å². The molecule has 0 saturated heterocycles. The van der Waals surface area contributed by atoms with Crippen molar-refractivity contribution in [1.82, 2.24) is 19.9 Å². The molecule has 0 bridgehead atoms. The first kappa shape index (κ1) is 20.8. The summed E-state index contributed by atoms with van der Waals surface area (Å²) in [6, 6.07) is 9.84. The Morgan fingerprint density at radius 1 is 1.27 bits per heavy atom. The number of hydrogen-bond donors (Lipinski definition) is 1. The third-order valence-corrected chi connectivity index (χ3v) is 6.09. The second-order valence-corrected chi connectivity index (χ2v) is 8.31. The first-order chi connectivity index (χ1) is 14.6. The summed E-state index contributed by atoms with van der Waals surface area (Å²) in [6.45, 7) is 5.14. The number of aromatic nitrogens is 3. The van der Waals surface area contributed by atoms with Crippen molar-refractivity contribution in [2.24, 2.45) is 0 Å². The summed E-state index contributed by atoms with van der Waals surface area (Å²) in [5, 5.41) is 0.634. The molecule has 4 rings (SSSR count). The van der Waals surface area contributed by atoms with E-state index in [1.54, 1.807) is 7.11 Å². The Balaban J connectivity index is 1.43. The van der Waals surface area contributed by atoms with Gasteiger partial charge in [0, 0.05) is 51.1 Å². The number of aryl methyl sites for hydroxylation is 1. The minimum Gasteiger partial charge on any atom is -0.441 e. The number of benzene rings is 1. The van der Waals surface area contributed by atoms with Gasteiger partial charge in [0.2, 0.25) is 5.89 Å². The number of nitrogens with one attached hydrogen (secondary N) is 1. The molecule has 8 heteroatoms. The third-order valence-electron chi connectivity index (χ3n) is 5.21. The molecule has 0 spiro atoms. The van der Waals surface area contributed by atoms with Crippen LogP contribution in [0.15, 0.2) is 44.7 Å². The van der Waals surface area contributed by atoms with Crippen LogP contribution in [0.1, 0.15) is 29.1 Å². The van der Waals surface area contributed by atoms with Crippen molar-refractivity contribution in [3.8, 4) is 11.5 Å². The van der Waals surface area contributed by atoms with Gasteiger partial charge in [0.05, 0.1) is 17.0 Å². The van der Waals surface area contributed by atoms with Crippen LogP contribution in [-0.2, 0) is 23.5 Å². The Labute approximate surface area is 179 Å². The van der Waals surface area contributed by atoms with E-state index in [9.17, 15) is 4.79 Å². The van der Waals surface area contributed by atoms with Gasteiger partial charge in [-0.2, -0.15) is 0 Å². The zero-order valence-electron chi connectivity index (χ0n) is 17.3. The average molecular weight is 427 g/mol. The second-order valence-electron chi connectivity index (χ2n) is 7.35.